The Morgan fingerprint density at radius 1 is 1.15 bits per heavy atom. The first-order chi connectivity index (χ1) is 16.0. The minimum atomic E-state index is -4.56. The van der Waals surface area contributed by atoms with Gasteiger partial charge in [0.1, 0.15) is 11.6 Å². The van der Waals surface area contributed by atoms with Gasteiger partial charge in [-0.2, -0.15) is 13.2 Å². The monoisotopic (exact) mass is 478 g/mol. The summed E-state index contributed by atoms with van der Waals surface area (Å²) in [5, 5.41) is 2.03. The predicted molar refractivity (Wildman–Crippen MR) is 118 cm³/mol. The summed E-state index contributed by atoms with van der Waals surface area (Å²) in [6, 6.07) is 8.53. The maximum atomic E-state index is 14.6. The van der Waals surface area contributed by atoms with Gasteiger partial charge in [-0.15, -0.1) is 0 Å². The predicted octanol–water partition coefficient (Wildman–Crippen LogP) is 5.73. The van der Waals surface area contributed by atoms with Gasteiger partial charge in [0, 0.05) is 23.7 Å². The van der Waals surface area contributed by atoms with Gasteiger partial charge in [0.2, 0.25) is 0 Å². The molecule has 1 N–H and O–H groups in total. The van der Waals surface area contributed by atoms with Crippen LogP contribution in [0.3, 0.4) is 0 Å². The summed E-state index contributed by atoms with van der Waals surface area (Å²) in [7, 11) is 0. The number of carbonyl (C=O) groups excluding carboxylic acids is 1. The standard InChI is InChI=1S/C25H23F5N2O2/c1-13-4-3-5-16(10-13)22(15-6-7-15)31-23(33)20-14(2)32(9-8-25(28,29)30)24(34)21-18(20)11-17(26)12-19(21)27/h3-5,10-12,15,22H,6-9H2,1-2H3,(H,31,33). The molecule has 1 aliphatic carbocycles. The van der Waals surface area contributed by atoms with Crippen molar-refractivity contribution in [1.82, 2.24) is 9.88 Å². The van der Waals surface area contributed by atoms with Gasteiger partial charge in [0.25, 0.3) is 11.5 Å². The zero-order valence-electron chi connectivity index (χ0n) is 18.6. The second-order valence-corrected chi connectivity index (χ2v) is 8.80. The molecule has 0 saturated heterocycles. The van der Waals surface area contributed by atoms with E-state index in [0.29, 0.717) is 6.07 Å². The Morgan fingerprint density at radius 3 is 2.47 bits per heavy atom. The van der Waals surface area contributed by atoms with Crippen molar-refractivity contribution in [2.45, 2.75) is 51.9 Å². The van der Waals surface area contributed by atoms with Gasteiger partial charge in [-0.05, 0) is 44.2 Å². The van der Waals surface area contributed by atoms with Crippen LogP contribution < -0.4 is 10.9 Å². The van der Waals surface area contributed by atoms with Gasteiger partial charge in [-0.1, -0.05) is 29.8 Å². The van der Waals surface area contributed by atoms with Gasteiger partial charge >= 0.3 is 6.18 Å². The molecular weight excluding hydrogens is 455 g/mol. The lowest BCUT2D eigenvalue weighted by Gasteiger charge is -2.22. The van der Waals surface area contributed by atoms with Crippen molar-refractivity contribution in [3.8, 4) is 0 Å². The van der Waals surface area contributed by atoms with Crippen molar-refractivity contribution >= 4 is 16.7 Å². The largest absolute Gasteiger partial charge is 0.390 e. The lowest BCUT2D eigenvalue weighted by Crippen LogP contribution is -2.34. The van der Waals surface area contributed by atoms with Crippen LogP contribution in [-0.2, 0) is 6.54 Å². The molecular formula is C25H23F5N2O2. The number of aromatic nitrogens is 1. The highest BCUT2D eigenvalue weighted by atomic mass is 19.4. The highest BCUT2D eigenvalue weighted by molar-refractivity contribution is 6.08. The maximum absolute atomic E-state index is 14.6. The maximum Gasteiger partial charge on any atom is 0.390 e. The minimum Gasteiger partial charge on any atom is -0.345 e. The van der Waals surface area contributed by atoms with Crippen LogP contribution in [0.15, 0.2) is 41.2 Å². The van der Waals surface area contributed by atoms with Crippen LogP contribution in [0.5, 0.6) is 0 Å². The van der Waals surface area contributed by atoms with E-state index in [4.69, 9.17) is 0 Å². The summed E-state index contributed by atoms with van der Waals surface area (Å²) in [4.78, 5) is 26.3. The van der Waals surface area contributed by atoms with Crippen LogP contribution >= 0.6 is 0 Å². The number of hydrogen-bond donors (Lipinski definition) is 1. The normalized spacial score (nSPS) is 14.9. The number of halogens is 5. The first-order valence-electron chi connectivity index (χ1n) is 10.9. The number of alkyl halides is 3. The van der Waals surface area contributed by atoms with E-state index in [1.807, 2.05) is 31.2 Å². The Morgan fingerprint density at radius 2 is 1.85 bits per heavy atom. The first-order valence-corrected chi connectivity index (χ1v) is 10.9. The highest BCUT2D eigenvalue weighted by Crippen LogP contribution is 2.41. The summed E-state index contributed by atoms with van der Waals surface area (Å²) < 4.78 is 68.1. The summed E-state index contributed by atoms with van der Waals surface area (Å²) in [6.45, 7) is 2.44. The third-order valence-electron chi connectivity index (χ3n) is 6.18. The average Bonchev–Trinajstić information content (AvgIpc) is 3.55. The molecule has 1 fully saturated rings. The van der Waals surface area contributed by atoms with Gasteiger partial charge in [0.15, 0.2) is 0 Å². The SMILES string of the molecule is Cc1cccc(C(NC(=O)c2c(C)n(CCC(F)(F)F)c(=O)c3c(F)cc(F)cc23)C2CC2)c1. The van der Waals surface area contributed by atoms with Crippen LogP contribution in [-0.4, -0.2) is 16.7 Å². The molecule has 3 aromatic rings. The quantitative estimate of drug-likeness (QED) is 0.460. The van der Waals surface area contributed by atoms with Gasteiger partial charge in [-0.25, -0.2) is 8.78 Å². The van der Waals surface area contributed by atoms with E-state index >= 15 is 0 Å². The van der Waals surface area contributed by atoms with Crippen molar-refractivity contribution in [3.63, 3.8) is 0 Å². The molecule has 1 unspecified atom stereocenters. The van der Waals surface area contributed by atoms with Crippen LogP contribution in [0, 0.1) is 31.4 Å². The second kappa shape index (κ2) is 8.85. The fraction of sp³-hybridized carbons (Fsp3) is 0.360. The van der Waals surface area contributed by atoms with Crippen molar-refractivity contribution in [2.75, 3.05) is 0 Å². The van der Waals surface area contributed by atoms with Crippen molar-refractivity contribution in [2.24, 2.45) is 5.92 Å². The molecule has 2 aromatic carbocycles. The number of fused-ring (bicyclic) bond motifs is 1. The number of hydrogen-bond acceptors (Lipinski definition) is 2. The highest BCUT2D eigenvalue weighted by Gasteiger charge is 2.35. The lowest BCUT2D eigenvalue weighted by molar-refractivity contribution is -0.136. The number of aryl methyl sites for hydroxylation is 1. The van der Waals surface area contributed by atoms with E-state index < -0.39 is 47.6 Å². The summed E-state index contributed by atoms with van der Waals surface area (Å²) in [5.74, 6) is -2.76. The lowest BCUT2D eigenvalue weighted by atomic mass is 9.98. The zero-order valence-corrected chi connectivity index (χ0v) is 18.6. The van der Waals surface area contributed by atoms with E-state index in [1.54, 1.807) is 0 Å². The number of nitrogens with zero attached hydrogens (tertiary/aromatic N) is 1. The molecule has 1 heterocycles. The molecule has 9 heteroatoms. The third kappa shape index (κ3) is 4.83. The number of rotatable bonds is 6. The fourth-order valence-electron chi connectivity index (χ4n) is 4.38. The molecule has 1 aliphatic rings. The molecule has 34 heavy (non-hydrogen) atoms. The van der Waals surface area contributed by atoms with Crippen molar-refractivity contribution in [1.29, 1.82) is 0 Å². The Kier molecular flexibility index (Phi) is 6.22. The fourth-order valence-corrected chi connectivity index (χ4v) is 4.38. The smallest absolute Gasteiger partial charge is 0.345 e. The molecule has 4 rings (SSSR count). The van der Waals surface area contributed by atoms with E-state index in [1.165, 1.54) is 6.92 Å². The number of pyridine rings is 1. The molecule has 4 nitrogen and oxygen atoms in total. The van der Waals surface area contributed by atoms with Crippen LogP contribution in [0.2, 0.25) is 0 Å². The summed E-state index contributed by atoms with van der Waals surface area (Å²) in [6.07, 6.45) is -4.14. The summed E-state index contributed by atoms with van der Waals surface area (Å²) in [5.41, 5.74) is 0.518. The molecule has 0 bridgehead atoms. The second-order valence-electron chi connectivity index (χ2n) is 8.80. The Balaban J connectivity index is 1.84. The Hall–Kier alpha value is -3.23. The first kappa shape index (κ1) is 23.9. The Labute approximate surface area is 192 Å². The molecule has 0 radical (unpaired) electrons. The van der Waals surface area contributed by atoms with Gasteiger partial charge in [-0.3, -0.25) is 9.59 Å². The Bertz CT molecular complexity index is 1330. The van der Waals surface area contributed by atoms with Crippen molar-refractivity contribution in [3.05, 3.63) is 80.8 Å². The van der Waals surface area contributed by atoms with Crippen LogP contribution in [0.25, 0.3) is 10.8 Å². The minimum absolute atomic E-state index is 0.0805. The van der Waals surface area contributed by atoms with E-state index in [0.717, 1.165) is 34.6 Å². The third-order valence-corrected chi connectivity index (χ3v) is 6.18. The number of benzene rings is 2. The molecule has 0 spiro atoms. The number of amides is 1. The van der Waals surface area contributed by atoms with E-state index in [-0.39, 0.29) is 28.6 Å². The molecule has 1 atom stereocenters. The topological polar surface area (TPSA) is 51.1 Å². The van der Waals surface area contributed by atoms with Gasteiger partial charge in [0.05, 0.1) is 23.4 Å². The molecule has 0 aliphatic heterocycles. The van der Waals surface area contributed by atoms with Crippen LogP contribution in [0.4, 0.5) is 22.0 Å². The number of nitrogens with one attached hydrogen (secondary N) is 1. The summed E-state index contributed by atoms with van der Waals surface area (Å²) >= 11 is 0. The van der Waals surface area contributed by atoms with Crippen molar-refractivity contribution < 1.29 is 26.7 Å². The molecule has 1 aromatic heterocycles. The molecule has 1 amide bonds. The number of carbonyl (C=O) groups is 1. The molecule has 180 valence electrons. The van der Waals surface area contributed by atoms with Crippen LogP contribution in [0.1, 0.15) is 52.5 Å². The zero-order chi connectivity index (χ0) is 24.8. The molecule has 1 saturated carbocycles. The average molecular weight is 478 g/mol. The van der Waals surface area contributed by atoms with Gasteiger partial charge < -0.3 is 9.88 Å². The van der Waals surface area contributed by atoms with E-state index in [9.17, 15) is 31.5 Å². The van der Waals surface area contributed by atoms with E-state index in [2.05, 4.69) is 5.32 Å².